The second-order valence-corrected chi connectivity index (χ2v) is 8.19. The molecule has 0 bridgehead atoms. The minimum atomic E-state index is -0.650. The van der Waals surface area contributed by atoms with E-state index in [-0.39, 0.29) is 28.7 Å². The number of primary amides is 1. The average Bonchev–Trinajstić information content (AvgIpc) is 3.16. The number of ether oxygens (including phenoxy) is 2. The van der Waals surface area contributed by atoms with Crippen molar-refractivity contribution in [3.63, 3.8) is 0 Å². The maximum Gasteiger partial charge on any atom is 0.257 e. The topological polar surface area (TPSA) is 116 Å². The molecule has 8 nitrogen and oxygen atoms in total. The highest BCUT2D eigenvalue weighted by atomic mass is 35.5. The normalized spacial score (nSPS) is 10.6. The van der Waals surface area contributed by atoms with Gasteiger partial charge in [0.05, 0.1) is 12.1 Å². The molecule has 0 spiro atoms. The third-order valence-corrected chi connectivity index (χ3v) is 5.46. The molecule has 1 aromatic carbocycles. The van der Waals surface area contributed by atoms with E-state index in [1.807, 2.05) is 0 Å². The molecule has 10 heteroatoms. The first-order valence-electron chi connectivity index (χ1n) is 9.87. The third-order valence-electron chi connectivity index (χ3n) is 4.28. The molecular weight excluding hydrogens is 428 g/mol. The van der Waals surface area contributed by atoms with Crippen LogP contribution >= 0.6 is 22.9 Å². The van der Waals surface area contributed by atoms with Gasteiger partial charge in [0.25, 0.3) is 11.8 Å². The maximum absolute atomic E-state index is 12.6. The minimum Gasteiger partial charge on any atom is -0.493 e. The van der Waals surface area contributed by atoms with Crippen LogP contribution in [0.15, 0.2) is 12.1 Å². The molecule has 0 radical (unpaired) electrons. The minimum absolute atomic E-state index is 0.127. The second kappa shape index (κ2) is 12.3. The number of carbonyl (C=O) groups excluding carboxylic acids is 2. The van der Waals surface area contributed by atoms with Gasteiger partial charge in [-0.05, 0) is 18.6 Å². The van der Waals surface area contributed by atoms with Gasteiger partial charge in [0, 0.05) is 12.0 Å². The first-order chi connectivity index (χ1) is 14.4. The number of methoxy groups -OCH3 is 1. The Morgan fingerprint density at radius 3 is 2.60 bits per heavy atom. The second-order valence-electron chi connectivity index (χ2n) is 6.72. The van der Waals surface area contributed by atoms with Gasteiger partial charge in [-0.15, -0.1) is 10.2 Å². The number of carbonyl (C=O) groups is 2. The van der Waals surface area contributed by atoms with Crippen LogP contribution in [0.1, 0.15) is 60.8 Å². The highest BCUT2D eigenvalue weighted by molar-refractivity contribution is 7.15. The number of benzene rings is 1. The fraction of sp³-hybridized carbons (Fsp3) is 0.500. The molecule has 3 N–H and O–H groups in total. The van der Waals surface area contributed by atoms with Gasteiger partial charge in [-0.1, -0.05) is 62.0 Å². The predicted molar refractivity (Wildman–Crippen MR) is 118 cm³/mol. The van der Waals surface area contributed by atoms with Crippen LogP contribution in [0.3, 0.4) is 0 Å². The lowest BCUT2D eigenvalue weighted by Crippen LogP contribution is -2.20. The summed E-state index contributed by atoms with van der Waals surface area (Å²) in [6, 6.07) is 2.89. The Kier molecular flexibility index (Phi) is 9.82. The van der Waals surface area contributed by atoms with Crippen molar-refractivity contribution >= 4 is 39.9 Å². The first-order valence-corrected chi connectivity index (χ1v) is 11.1. The third kappa shape index (κ3) is 7.46. The van der Waals surface area contributed by atoms with Crippen molar-refractivity contribution in [2.75, 3.05) is 19.0 Å². The van der Waals surface area contributed by atoms with E-state index in [1.54, 1.807) is 0 Å². The Morgan fingerprint density at radius 1 is 1.17 bits per heavy atom. The molecule has 30 heavy (non-hydrogen) atoms. The molecule has 0 aliphatic heterocycles. The molecule has 164 valence electrons. The molecule has 0 atom stereocenters. The summed E-state index contributed by atoms with van der Waals surface area (Å²) >= 11 is 7.55. The summed E-state index contributed by atoms with van der Waals surface area (Å²) in [7, 11) is 1.41. The van der Waals surface area contributed by atoms with E-state index in [2.05, 4.69) is 22.4 Å². The molecule has 0 saturated heterocycles. The average molecular weight is 455 g/mol. The summed E-state index contributed by atoms with van der Waals surface area (Å²) in [6.45, 7) is 1.85. The van der Waals surface area contributed by atoms with E-state index in [4.69, 9.17) is 26.8 Å². The Morgan fingerprint density at radius 2 is 1.90 bits per heavy atom. The number of anilines is 1. The number of aryl methyl sites for hydroxylation is 1. The molecule has 2 amide bonds. The van der Waals surface area contributed by atoms with Crippen LogP contribution in [-0.2, 0) is 11.2 Å². The summed E-state index contributed by atoms with van der Waals surface area (Å²) in [4.78, 5) is 23.5. The number of unbranched alkanes of at least 4 members (excludes halogenated alkanes) is 5. The molecule has 0 aliphatic rings. The zero-order valence-electron chi connectivity index (χ0n) is 17.2. The lowest BCUT2D eigenvalue weighted by Gasteiger charge is -2.13. The Hall–Kier alpha value is -2.39. The number of rotatable bonds is 13. The van der Waals surface area contributed by atoms with Gasteiger partial charge in [0.2, 0.25) is 5.13 Å². The van der Waals surface area contributed by atoms with Gasteiger partial charge in [0.15, 0.2) is 18.1 Å². The van der Waals surface area contributed by atoms with Crippen LogP contribution in [0.25, 0.3) is 0 Å². The van der Waals surface area contributed by atoms with Crippen molar-refractivity contribution in [1.29, 1.82) is 0 Å². The summed E-state index contributed by atoms with van der Waals surface area (Å²) in [5.41, 5.74) is 5.34. The smallest absolute Gasteiger partial charge is 0.257 e. The number of halogens is 1. The standard InChI is InChI=1S/C20H27ClN4O4S/c1-3-4-5-6-7-8-9-17-24-25-20(30-17)23-19(27)13-10-14(21)18(15(11-13)28-2)29-12-16(22)26/h10-11H,3-9,12H2,1-2H3,(H2,22,26)(H,23,25,27). The zero-order chi connectivity index (χ0) is 21.9. The van der Waals surface area contributed by atoms with E-state index in [1.165, 1.54) is 62.7 Å². The van der Waals surface area contributed by atoms with Gasteiger partial charge in [-0.2, -0.15) is 0 Å². The summed E-state index contributed by atoms with van der Waals surface area (Å²) in [5.74, 6) is -0.691. The van der Waals surface area contributed by atoms with Gasteiger partial charge >= 0.3 is 0 Å². The van der Waals surface area contributed by atoms with Crippen LogP contribution in [0.5, 0.6) is 11.5 Å². The van der Waals surface area contributed by atoms with E-state index in [0.29, 0.717) is 5.13 Å². The van der Waals surface area contributed by atoms with Gasteiger partial charge in [-0.3, -0.25) is 14.9 Å². The van der Waals surface area contributed by atoms with Crippen molar-refractivity contribution in [2.45, 2.75) is 51.9 Å². The maximum atomic E-state index is 12.6. The molecule has 1 heterocycles. The molecule has 0 fully saturated rings. The zero-order valence-corrected chi connectivity index (χ0v) is 18.8. The number of nitrogens with one attached hydrogen (secondary N) is 1. The number of nitrogens with zero attached hydrogens (tertiary/aromatic N) is 2. The van der Waals surface area contributed by atoms with Crippen LogP contribution in [0.4, 0.5) is 5.13 Å². The van der Waals surface area contributed by atoms with Crippen LogP contribution < -0.4 is 20.5 Å². The predicted octanol–water partition coefficient (Wildman–Crippen LogP) is 4.22. The molecule has 2 aromatic rings. The fourth-order valence-electron chi connectivity index (χ4n) is 2.77. The van der Waals surface area contributed by atoms with Gasteiger partial charge < -0.3 is 15.2 Å². The number of nitrogens with two attached hydrogens (primary N) is 1. The van der Waals surface area contributed by atoms with E-state index < -0.39 is 11.8 Å². The van der Waals surface area contributed by atoms with Crippen LogP contribution in [0, 0.1) is 0 Å². The van der Waals surface area contributed by atoms with Crippen LogP contribution in [0.2, 0.25) is 5.02 Å². The van der Waals surface area contributed by atoms with Crippen molar-refractivity contribution in [3.8, 4) is 11.5 Å². The van der Waals surface area contributed by atoms with Gasteiger partial charge in [0.1, 0.15) is 5.01 Å². The first kappa shape index (κ1) is 23.9. The highest BCUT2D eigenvalue weighted by Gasteiger charge is 2.18. The number of hydrogen-bond donors (Lipinski definition) is 2. The van der Waals surface area contributed by atoms with Gasteiger partial charge in [-0.25, -0.2) is 0 Å². The van der Waals surface area contributed by atoms with Crippen molar-refractivity contribution in [2.24, 2.45) is 5.73 Å². The SMILES string of the molecule is CCCCCCCCc1nnc(NC(=O)c2cc(Cl)c(OCC(N)=O)c(OC)c2)s1. The number of hydrogen-bond acceptors (Lipinski definition) is 7. The molecule has 0 aliphatic carbocycles. The van der Waals surface area contributed by atoms with E-state index in [9.17, 15) is 9.59 Å². The molecule has 0 unspecified atom stereocenters. The quantitative estimate of drug-likeness (QED) is 0.437. The summed E-state index contributed by atoms with van der Waals surface area (Å²) in [5, 5.41) is 12.3. The van der Waals surface area contributed by atoms with E-state index >= 15 is 0 Å². The highest BCUT2D eigenvalue weighted by Crippen LogP contribution is 2.36. The lowest BCUT2D eigenvalue weighted by molar-refractivity contribution is -0.119. The largest absolute Gasteiger partial charge is 0.493 e. The Labute approximate surface area is 185 Å². The van der Waals surface area contributed by atoms with Crippen LogP contribution in [-0.4, -0.2) is 35.7 Å². The van der Waals surface area contributed by atoms with Crippen molar-refractivity contribution in [1.82, 2.24) is 10.2 Å². The van der Waals surface area contributed by atoms with E-state index in [0.717, 1.165) is 17.8 Å². The lowest BCUT2D eigenvalue weighted by atomic mass is 10.1. The van der Waals surface area contributed by atoms with Crippen molar-refractivity contribution in [3.05, 3.63) is 27.7 Å². The fourth-order valence-corrected chi connectivity index (χ4v) is 3.81. The molecule has 2 rings (SSSR count). The van der Waals surface area contributed by atoms with Crippen molar-refractivity contribution < 1.29 is 19.1 Å². The number of amides is 2. The molecule has 0 saturated carbocycles. The Bertz CT molecular complexity index is 859. The summed E-state index contributed by atoms with van der Waals surface area (Å²) < 4.78 is 10.5. The molecule has 1 aromatic heterocycles. The summed E-state index contributed by atoms with van der Waals surface area (Å²) in [6.07, 6.45) is 8.10. The molecular formula is C20H27ClN4O4S. The Balaban J connectivity index is 1.95. The number of aromatic nitrogens is 2. The monoisotopic (exact) mass is 454 g/mol.